The Bertz CT molecular complexity index is 1160. The standard InChI is InChI=1S/C25H26N2O5S/c1-16-8-5-6-10-19(16)24(28)27-20(14-18-9-7-13-33-18)25(29)26-15-17-11-12-21(30-2)23(32-4)22(17)31-3/h5-14H,15H2,1-4H3,(H,26,29)(H,27,28)/b20-14-. The van der Waals surface area contributed by atoms with Crippen LogP contribution in [0.3, 0.4) is 0 Å². The van der Waals surface area contributed by atoms with Gasteiger partial charge in [-0.05, 0) is 48.2 Å². The molecule has 0 bridgehead atoms. The average Bonchev–Trinajstić information content (AvgIpc) is 3.34. The summed E-state index contributed by atoms with van der Waals surface area (Å²) in [4.78, 5) is 26.8. The molecule has 3 aromatic rings. The third-order valence-electron chi connectivity index (χ3n) is 4.94. The molecule has 8 heteroatoms. The van der Waals surface area contributed by atoms with Gasteiger partial charge in [0.05, 0.1) is 21.3 Å². The van der Waals surface area contributed by atoms with Gasteiger partial charge in [0, 0.05) is 22.5 Å². The monoisotopic (exact) mass is 466 g/mol. The molecule has 1 heterocycles. The van der Waals surface area contributed by atoms with Crippen LogP contribution in [0.25, 0.3) is 6.08 Å². The van der Waals surface area contributed by atoms with Crippen molar-refractivity contribution in [1.82, 2.24) is 10.6 Å². The highest BCUT2D eigenvalue weighted by Crippen LogP contribution is 2.39. The highest BCUT2D eigenvalue weighted by Gasteiger charge is 2.19. The summed E-state index contributed by atoms with van der Waals surface area (Å²) in [5.74, 6) is 0.643. The van der Waals surface area contributed by atoms with E-state index in [-0.39, 0.29) is 18.1 Å². The van der Waals surface area contributed by atoms with Crippen molar-refractivity contribution >= 4 is 29.2 Å². The largest absolute Gasteiger partial charge is 0.493 e. The van der Waals surface area contributed by atoms with Gasteiger partial charge < -0.3 is 24.8 Å². The molecule has 0 aliphatic carbocycles. The number of nitrogens with one attached hydrogen (secondary N) is 2. The first-order valence-electron chi connectivity index (χ1n) is 10.2. The number of rotatable bonds is 9. The van der Waals surface area contributed by atoms with Crippen LogP contribution >= 0.6 is 11.3 Å². The maximum absolute atomic E-state index is 13.1. The van der Waals surface area contributed by atoms with E-state index >= 15 is 0 Å². The molecule has 7 nitrogen and oxygen atoms in total. The Morgan fingerprint density at radius 3 is 2.33 bits per heavy atom. The Hall–Kier alpha value is -3.78. The summed E-state index contributed by atoms with van der Waals surface area (Å²) in [5.41, 5.74) is 2.17. The first kappa shape index (κ1) is 23.9. The lowest BCUT2D eigenvalue weighted by molar-refractivity contribution is -0.117. The van der Waals surface area contributed by atoms with Crippen molar-refractivity contribution in [2.45, 2.75) is 13.5 Å². The maximum atomic E-state index is 13.1. The summed E-state index contributed by atoms with van der Waals surface area (Å²) in [6.07, 6.45) is 1.65. The van der Waals surface area contributed by atoms with Crippen LogP contribution in [-0.4, -0.2) is 33.1 Å². The first-order valence-corrected chi connectivity index (χ1v) is 11.0. The highest BCUT2D eigenvalue weighted by molar-refractivity contribution is 7.10. The van der Waals surface area contributed by atoms with E-state index in [0.29, 0.717) is 28.4 Å². The Kier molecular flexibility index (Phi) is 8.10. The van der Waals surface area contributed by atoms with Gasteiger partial charge in [0.2, 0.25) is 5.75 Å². The van der Waals surface area contributed by atoms with Crippen molar-refractivity contribution in [1.29, 1.82) is 0 Å². The van der Waals surface area contributed by atoms with Crippen LogP contribution in [0.5, 0.6) is 17.2 Å². The molecule has 33 heavy (non-hydrogen) atoms. The lowest BCUT2D eigenvalue weighted by atomic mass is 10.1. The van der Waals surface area contributed by atoms with E-state index in [9.17, 15) is 9.59 Å². The summed E-state index contributed by atoms with van der Waals surface area (Å²) >= 11 is 1.47. The van der Waals surface area contributed by atoms with Crippen LogP contribution in [0, 0.1) is 6.92 Å². The fraction of sp³-hybridized carbons (Fsp3) is 0.200. The number of amides is 2. The van der Waals surface area contributed by atoms with Gasteiger partial charge >= 0.3 is 0 Å². The van der Waals surface area contributed by atoms with Crippen molar-refractivity contribution in [3.63, 3.8) is 0 Å². The molecule has 1 aromatic heterocycles. The van der Waals surface area contributed by atoms with E-state index in [1.807, 2.05) is 36.6 Å². The Labute approximate surface area is 197 Å². The van der Waals surface area contributed by atoms with E-state index in [0.717, 1.165) is 10.4 Å². The van der Waals surface area contributed by atoms with Crippen LogP contribution in [0.2, 0.25) is 0 Å². The number of methoxy groups -OCH3 is 3. The minimum absolute atomic E-state index is 0.144. The summed E-state index contributed by atoms with van der Waals surface area (Å²) < 4.78 is 16.2. The zero-order valence-electron chi connectivity index (χ0n) is 18.9. The van der Waals surface area contributed by atoms with Crippen LogP contribution in [0.15, 0.2) is 59.6 Å². The number of hydrogen-bond acceptors (Lipinski definition) is 6. The third-order valence-corrected chi connectivity index (χ3v) is 5.76. The van der Waals surface area contributed by atoms with Crippen LogP contribution in [-0.2, 0) is 11.3 Å². The van der Waals surface area contributed by atoms with Gasteiger partial charge in [-0.2, -0.15) is 0 Å². The summed E-state index contributed by atoms with van der Waals surface area (Å²) in [6, 6.07) is 14.5. The predicted octanol–water partition coefficient (Wildman–Crippen LogP) is 4.17. The van der Waals surface area contributed by atoms with Gasteiger partial charge in [0.15, 0.2) is 11.5 Å². The predicted molar refractivity (Wildman–Crippen MR) is 129 cm³/mol. The van der Waals surface area contributed by atoms with Crippen LogP contribution in [0.4, 0.5) is 0 Å². The quantitative estimate of drug-likeness (QED) is 0.463. The molecule has 0 spiro atoms. The van der Waals surface area contributed by atoms with Crippen molar-refractivity contribution in [2.75, 3.05) is 21.3 Å². The van der Waals surface area contributed by atoms with E-state index in [4.69, 9.17) is 14.2 Å². The van der Waals surface area contributed by atoms with Crippen molar-refractivity contribution in [2.24, 2.45) is 0 Å². The van der Waals surface area contributed by atoms with Gasteiger partial charge in [-0.25, -0.2) is 0 Å². The Morgan fingerprint density at radius 1 is 0.939 bits per heavy atom. The summed E-state index contributed by atoms with van der Waals surface area (Å²) in [7, 11) is 4.58. The lowest BCUT2D eigenvalue weighted by Crippen LogP contribution is -2.34. The molecule has 0 saturated heterocycles. The topological polar surface area (TPSA) is 85.9 Å². The molecular weight excluding hydrogens is 440 g/mol. The zero-order valence-corrected chi connectivity index (χ0v) is 19.7. The molecule has 0 aliphatic heterocycles. The molecule has 3 rings (SSSR count). The molecule has 0 unspecified atom stereocenters. The normalized spacial score (nSPS) is 11.0. The second kappa shape index (κ2) is 11.2. The highest BCUT2D eigenvalue weighted by atomic mass is 32.1. The fourth-order valence-electron chi connectivity index (χ4n) is 3.26. The summed E-state index contributed by atoms with van der Waals surface area (Å²) in [5, 5.41) is 7.51. The number of aryl methyl sites for hydroxylation is 1. The molecular formula is C25H26N2O5S. The van der Waals surface area contributed by atoms with Gasteiger partial charge in [-0.1, -0.05) is 24.3 Å². The molecule has 172 valence electrons. The van der Waals surface area contributed by atoms with E-state index in [1.165, 1.54) is 32.7 Å². The number of thiophene rings is 1. The molecule has 2 N–H and O–H groups in total. The minimum atomic E-state index is -0.429. The summed E-state index contributed by atoms with van der Waals surface area (Å²) in [6.45, 7) is 2.01. The number of hydrogen-bond donors (Lipinski definition) is 2. The fourth-order valence-corrected chi connectivity index (χ4v) is 3.92. The van der Waals surface area contributed by atoms with Crippen molar-refractivity contribution in [3.8, 4) is 17.2 Å². The van der Waals surface area contributed by atoms with Crippen LogP contribution < -0.4 is 24.8 Å². The van der Waals surface area contributed by atoms with Gasteiger partial charge in [0.1, 0.15) is 5.70 Å². The van der Waals surface area contributed by atoms with E-state index in [1.54, 1.807) is 30.3 Å². The average molecular weight is 467 g/mol. The zero-order chi connectivity index (χ0) is 23.8. The SMILES string of the molecule is COc1ccc(CNC(=O)/C(=C/c2cccs2)NC(=O)c2ccccc2C)c(OC)c1OC. The second-order valence-corrected chi connectivity index (χ2v) is 8.00. The molecule has 0 fully saturated rings. The molecule has 0 radical (unpaired) electrons. The Balaban J connectivity index is 1.83. The van der Waals surface area contributed by atoms with Gasteiger partial charge in [0.25, 0.3) is 11.8 Å². The first-order chi connectivity index (χ1) is 16.0. The second-order valence-electron chi connectivity index (χ2n) is 7.02. The van der Waals surface area contributed by atoms with Gasteiger partial charge in [-0.15, -0.1) is 11.3 Å². The number of carbonyl (C=O) groups is 2. The number of ether oxygens (including phenoxy) is 3. The molecule has 0 saturated carbocycles. The lowest BCUT2D eigenvalue weighted by Gasteiger charge is -2.17. The molecule has 0 atom stereocenters. The molecule has 2 amide bonds. The number of benzene rings is 2. The van der Waals surface area contributed by atoms with E-state index in [2.05, 4.69) is 10.6 Å². The maximum Gasteiger partial charge on any atom is 0.268 e. The van der Waals surface area contributed by atoms with Crippen molar-refractivity contribution < 1.29 is 23.8 Å². The minimum Gasteiger partial charge on any atom is -0.493 e. The number of carbonyl (C=O) groups excluding carboxylic acids is 2. The smallest absolute Gasteiger partial charge is 0.268 e. The van der Waals surface area contributed by atoms with Crippen molar-refractivity contribution in [3.05, 3.63) is 81.2 Å². The van der Waals surface area contributed by atoms with Crippen LogP contribution in [0.1, 0.15) is 26.4 Å². The molecule has 0 aliphatic rings. The van der Waals surface area contributed by atoms with Gasteiger partial charge in [-0.3, -0.25) is 9.59 Å². The Morgan fingerprint density at radius 2 is 1.70 bits per heavy atom. The third kappa shape index (κ3) is 5.72. The molecule has 2 aromatic carbocycles. The van der Waals surface area contributed by atoms with E-state index < -0.39 is 5.91 Å².